The lowest BCUT2D eigenvalue weighted by Crippen LogP contribution is -2.37. The molecule has 6 nitrogen and oxygen atoms in total. The fourth-order valence-electron chi connectivity index (χ4n) is 3.18. The van der Waals surface area contributed by atoms with Crippen LogP contribution in [-0.4, -0.2) is 40.2 Å². The number of aromatic nitrogens is 2. The molecule has 2 rings (SSSR count). The van der Waals surface area contributed by atoms with Gasteiger partial charge in [0.15, 0.2) is 11.6 Å². The second kappa shape index (κ2) is 9.33. The molecule has 0 aliphatic heterocycles. The van der Waals surface area contributed by atoms with Gasteiger partial charge >= 0.3 is 0 Å². The first-order chi connectivity index (χ1) is 12.0. The average Bonchev–Trinajstić information content (AvgIpc) is 2.58. The van der Waals surface area contributed by atoms with E-state index in [1.165, 1.54) is 0 Å². The fraction of sp³-hybridized carbons (Fsp3) is 0.611. The number of amides is 1. The first kappa shape index (κ1) is 19.1. The van der Waals surface area contributed by atoms with Gasteiger partial charge in [0, 0.05) is 12.5 Å². The Kier molecular flexibility index (Phi) is 7.14. The van der Waals surface area contributed by atoms with Gasteiger partial charge in [-0.3, -0.25) is 4.79 Å². The minimum atomic E-state index is -0.432. The molecule has 1 aliphatic rings. The Morgan fingerprint density at radius 1 is 1.28 bits per heavy atom. The zero-order chi connectivity index (χ0) is 18.2. The Hall–Kier alpha value is -2.20. The van der Waals surface area contributed by atoms with E-state index in [-0.39, 0.29) is 36.8 Å². The van der Waals surface area contributed by atoms with Gasteiger partial charge in [-0.25, -0.2) is 14.4 Å². The number of carbonyl (C=O) groups is 1. The molecule has 0 radical (unpaired) electrons. The molecule has 1 aromatic heterocycles. The Labute approximate surface area is 147 Å². The third-order valence-corrected chi connectivity index (χ3v) is 4.39. The molecule has 1 aliphatic carbocycles. The minimum Gasteiger partial charge on any atom is -0.384 e. The van der Waals surface area contributed by atoms with E-state index in [9.17, 15) is 9.18 Å². The fourth-order valence-corrected chi connectivity index (χ4v) is 3.18. The van der Waals surface area contributed by atoms with Crippen molar-refractivity contribution >= 4 is 11.7 Å². The highest BCUT2D eigenvalue weighted by Crippen LogP contribution is 2.30. The lowest BCUT2D eigenvalue weighted by atomic mass is 9.82. The van der Waals surface area contributed by atoms with Crippen LogP contribution in [0.2, 0.25) is 0 Å². The third kappa shape index (κ3) is 5.68. The van der Waals surface area contributed by atoms with Crippen molar-refractivity contribution < 1.29 is 14.3 Å². The number of rotatable bonds is 5. The van der Waals surface area contributed by atoms with Crippen LogP contribution in [0.15, 0.2) is 0 Å². The molecule has 2 atom stereocenters. The summed E-state index contributed by atoms with van der Waals surface area (Å²) in [5.41, 5.74) is 0.322. The highest BCUT2D eigenvalue weighted by molar-refractivity contribution is 5.76. The van der Waals surface area contributed by atoms with E-state index in [0.717, 1.165) is 25.7 Å². The van der Waals surface area contributed by atoms with Gasteiger partial charge in [-0.2, -0.15) is 0 Å². The summed E-state index contributed by atoms with van der Waals surface area (Å²) in [7, 11) is 0. The second-order valence-electron chi connectivity index (χ2n) is 6.31. The Balaban J connectivity index is 1.99. The molecule has 1 saturated carbocycles. The lowest BCUT2D eigenvalue weighted by molar-refractivity contribution is -0.122. The molecule has 1 fully saturated rings. The van der Waals surface area contributed by atoms with Crippen LogP contribution in [0.25, 0.3) is 0 Å². The third-order valence-electron chi connectivity index (χ3n) is 4.39. The maximum Gasteiger partial charge on any atom is 0.221 e. The minimum absolute atomic E-state index is 0.00576. The van der Waals surface area contributed by atoms with Crippen molar-refractivity contribution in [3.05, 3.63) is 17.3 Å². The SMILES string of the molecule is Cc1nc(C)c(F)c(N[C@H]2CCCC[C@H]2CC(=O)NCC#CCO)n1. The van der Waals surface area contributed by atoms with E-state index < -0.39 is 5.82 Å². The quantitative estimate of drug-likeness (QED) is 0.705. The number of halogens is 1. The summed E-state index contributed by atoms with van der Waals surface area (Å²) < 4.78 is 14.3. The van der Waals surface area contributed by atoms with Crippen molar-refractivity contribution in [3.63, 3.8) is 0 Å². The molecule has 0 unspecified atom stereocenters. The monoisotopic (exact) mass is 348 g/mol. The molecular formula is C18H25FN4O2. The van der Waals surface area contributed by atoms with E-state index in [4.69, 9.17) is 5.11 Å². The van der Waals surface area contributed by atoms with Gasteiger partial charge in [0.1, 0.15) is 12.4 Å². The van der Waals surface area contributed by atoms with E-state index >= 15 is 0 Å². The predicted octanol–water partition coefficient (Wildman–Crippen LogP) is 1.71. The van der Waals surface area contributed by atoms with Crippen LogP contribution in [0.3, 0.4) is 0 Å². The summed E-state index contributed by atoms with van der Waals surface area (Å²) in [6.07, 6.45) is 4.26. The van der Waals surface area contributed by atoms with Gasteiger partial charge < -0.3 is 15.7 Å². The summed E-state index contributed by atoms with van der Waals surface area (Å²) >= 11 is 0. The molecule has 0 aromatic carbocycles. The number of nitrogens with one attached hydrogen (secondary N) is 2. The highest BCUT2D eigenvalue weighted by atomic mass is 19.1. The zero-order valence-electron chi connectivity index (χ0n) is 14.7. The number of aliphatic hydroxyl groups is 1. The Morgan fingerprint density at radius 3 is 2.80 bits per heavy atom. The van der Waals surface area contributed by atoms with Crippen LogP contribution >= 0.6 is 0 Å². The summed E-state index contributed by atoms with van der Waals surface area (Å²) in [5.74, 6) is 5.50. The number of hydrogen-bond donors (Lipinski definition) is 3. The molecule has 0 bridgehead atoms. The number of anilines is 1. The van der Waals surface area contributed by atoms with Crippen LogP contribution in [0.5, 0.6) is 0 Å². The standard InChI is InChI=1S/C18H25FN4O2/c1-12-17(19)18(22-13(2)21-12)23-15-8-4-3-7-14(15)11-16(25)20-9-5-6-10-24/h14-15,24H,3-4,7-11H2,1-2H3,(H,20,25)(H,21,22,23)/t14-,15-/m0/s1. The number of nitrogens with zero attached hydrogens (tertiary/aromatic N) is 2. The maximum atomic E-state index is 14.3. The maximum absolute atomic E-state index is 14.3. The van der Waals surface area contributed by atoms with Crippen LogP contribution in [0, 0.1) is 37.4 Å². The summed E-state index contributed by atoms with van der Waals surface area (Å²) in [6, 6.07) is 0.00576. The number of aryl methyl sites for hydroxylation is 2. The molecule has 0 saturated heterocycles. The van der Waals surface area contributed by atoms with Crippen LogP contribution in [0.4, 0.5) is 10.2 Å². The van der Waals surface area contributed by atoms with Crippen molar-refractivity contribution in [3.8, 4) is 11.8 Å². The number of carbonyl (C=O) groups excluding carboxylic acids is 1. The predicted molar refractivity (Wildman–Crippen MR) is 93.3 cm³/mol. The topological polar surface area (TPSA) is 87.1 Å². The normalized spacial score (nSPS) is 19.7. The molecule has 1 heterocycles. The summed E-state index contributed by atoms with van der Waals surface area (Å²) in [5, 5.41) is 14.5. The van der Waals surface area contributed by atoms with Crippen molar-refractivity contribution in [1.82, 2.24) is 15.3 Å². The van der Waals surface area contributed by atoms with E-state index in [2.05, 4.69) is 32.4 Å². The van der Waals surface area contributed by atoms with Crippen molar-refractivity contribution in [2.45, 2.75) is 52.0 Å². The molecule has 7 heteroatoms. The van der Waals surface area contributed by atoms with Gasteiger partial charge in [0.2, 0.25) is 5.91 Å². The van der Waals surface area contributed by atoms with Gasteiger partial charge in [0.25, 0.3) is 0 Å². The van der Waals surface area contributed by atoms with E-state index in [0.29, 0.717) is 17.9 Å². The summed E-state index contributed by atoms with van der Waals surface area (Å²) in [6.45, 7) is 3.36. The second-order valence-corrected chi connectivity index (χ2v) is 6.31. The van der Waals surface area contributed by atoms with Crippen LogP contribution in [0.1, 0.15) is 43.6 Å². The molecule has 3 N–H and O–H groups in total. The van der Waals surface area contributed by atoms with Gasteiger partial charge in [0.05, 0.1) is 12.2 Å². The number of hydrogen-bond acceptors (Lipinski definition) is 5. The molecular weight excluding hydrogens is 323 g/mol. The molecule has 1 aromatic rings. The van der Waals surface area contributed by atoms with Gasteiger partial charge in [-0.1, -0.05) is 24.7 Å². The van der Waals surface area contributed by atoms with Gasteiger partial charge in [-0.15, -0.1) is 0 Å². The summed E-state index contributed by atoms with van der Waals surface area (Å²) in [4.78, 5) is 20.3. The first-order valence-corrected chi connectivity index (χ1v) is 8.61. The van der Waals surface area contributed by atoms with Crippen LogP contribution < -0.4 is 10.6 Å². The van der Waals surface area contributed by atoms with Crippen molar-refractivity contribution in [2.24, 2.45) is 5.92 Å². The van der Waals surface area contributed by atoms with Gasteiger partial charge in [-0.05, 0) is 32.6 Å². The van der Waals surface area contributed by atoms with E-state index in [1.54, 1.807) is 13.8 Å². The van der Waals surface area contributed by atoms with Crippen molar-refractivity contribution in [2.75, 3.05) is 18.5 Å². The highest BCUT2D eigenvalue weighted by Gasteiger charge is 2.28. The van der Waals surface area contributed by atoms with Crippen molar-refractivity contribution in [1.29, 1.82) is 0 Å². The average molecular weight is 348 g/mol. The lowest BCUT2D eigenvalue weighted by Gasteiger charge is -2.32. The van der Waals surface area contributed by atoms with E-state index in [1.807, 2.05) is 0 Å². The Morgan fingerprint density at radius 2 is 2.04 bits per heavy atom. The molecule has 0 spiro atoms. The molecule has 136 valence electrons. The molecule has 1 amide bonds. The first-order valence-electron chi connectivity index (χ1n) is 8.61. The zero-order valence-corrected chi connectivity index (χ0v) is 14.7. The smallest absolute Gasteiger partial charge is 0.221 e. The molecule has 25 heavy (non-hydrogen) atoms. The van der Waals surface area contributed by atoms with Crippen LogP contribution in [-0.2, 0) is 4.79 Å². The largest absolute Gasteiger partial charge is 0.384 e. The Bertz CT molecular complexity index is 669. The number of aliphatic hydroxyl groups excluding tert-OH is 1.